The van der Waals surface area contributed by atoms with E-state index in [0.717, 1.165) is 6.42 Å². The van der Waals surface area contributed by atoms with Crippen molar-refractivity contribution in [2.75, 3.05) is 13.2 Å². The van der Waals surface area contributed by atoms with Crippen LogP contribution in [0.15, 0.2) is 24.3 Å². The van der Waals surface area contributed by atoms with Gasteiger partial charge in [0.1, 0.15) is 5.75 Å². The number of halogens is 1. The zero-order chi connectivity index (χ0) is 12.7. The number of ether oxygens (including phenoxy) is 1. The molecule has 0 spiro atoms. The molecule has 0 saturated carbocycles. The van der Waals surface area contributed by atoms with Gasteiger partial charge in [0.05, 0.1) is 17.5 Å². The van der Waals surface area contributed by atoms with E-state index in [-0.39, 0.29) is 11.3 Å². The third kappa shape index (κ3) is 4.27. The first-order valence-corrected chi connectivity index (χ1v) is 6.26. The first-order chi connectivity index (χ1) is 8.19. The summed E-state index contributed by atoms with van der Waals surface area (Å²) in [6.07, 6.45) is 0.828. The number of carbonyl (C=O) groups excluding carboxylic acids is 1. The Morgan fingerprint density at radius 3 is 2.76 bits per heavy atom. The minimum atomic E-state index is -0.145. The molecule has 1 aromatic carbocycles. The molecule has 0 saturated heterocycles. The number of nitrogens with one attached hydrogen (secondary N) is 1. The van der Waals surface area contributed by atoms with Gasteiger partial charge in [-0.25, -0.2) is 0 Å². The zero-order valence-electron chi connectivity index (χ0n) is 10.2. The molecule has 1 rings (SSSR count). The summed E-state index contributed by atoms with van der Waals surface area (Å²) in [7, 11) is 0. The van der Waals surface area contributed by atoms with Crippen molar-refractivity contribution in [2.45, 2.75) is 25.6 Å². The van der Waals surface area contributed by atoms with E-state index in [2.05, 4.69) is 5.32 Å². The average molecular weight is 256 g/mol. The maximum atomic E-state index is 11.9. The van der Waals surface area contributed by atoms with Crippen LogP contribution in [0.2, 0.25) is 0 Å². The predicted octanol–water partition coefficient (Wildman–Crippen LogP) is 2.83. The summed E-state index contributed by atoms with van der Waals surface area (Å²) in [5.41, 5.74) is 0.550. The van der Waals surface area contributed by atoms with Crippen molar-refractivity contribution in [1.29, 1.82) is 0 Å². The lowest BCUT2D eigenvalue weighted by Crippen LogP contribution is -2.29. The average Bonchev–Trinajstić information content (AvgIpc) is 2.36. The van der Waals surface area contributed by atoms with Gasteiger partial charge in [-0.3, -0.25) is 4.79 Å². The second-order valence-electron chi connectivity index (χ2n) is 3.64. The third-order valence-electron chi connectivity index (χ3n) is 2.36. The van der Waals surface area contributed by atoms with Gasteiger partial charge in [-0.2, -0.15) is 0 Å². The quantitative estimate of drug-likeness (QED) is 0.794. The van der Waals surface area contributed by atoms with Gasteiger partial charge in [0.25, 0.3) is 5.91 Å². The molecular formula is C13H18ClNO2. The highest BCUT2D eigenvalue weighted by Crippen LogP contribution is 2.17. The summed E-state index contributed by atoms with van der Waals surface area (Å²) < 4.78 is 5.40. The second kappa shape index (κ2) is 7.17. The fraction of sp³-hybridized carbons (Fsp3) is 0.462. The lowest BCUT2D eigenvalue weighted by Gasteiger charge is -2.11. The van der Waals surface area contributed by atoms with Gasteiger partial charge in [0.2, 0.25) is 0 Å². The number of amides is 1. The molecule has 1 unspecified atom stereocenters. The smallest absolute Gasteiger partial charge is 0.255 e. The highest BCUT2D eigenvalue weighted by atomic mass is 35.5. The van der Waals surface area contributed by atoms with Crippen LogP contribution in [-0.4, -0.2) is 24.4 Å². The summed E-state index contributed by atoms with van der Waals surface area (Å²) in [6.45, 7) is 4.88. The second-order valence-corrected chi connectivity index (χ2v) is 4.26. The van der Waals surface area contributed by atoms with Crippen molar-refractivity contribution < 1.29 is 9.53 Å². The van der Waals surface area contributed by atoms with Gasteiger partial charge in [-0.05, 0) is 25.5 Å². The minimum absolute atomic E-state index is 0.0294. The van der Waals surface area contributed by atoms with Crippen molar-refractivity contribution in [3.05, 3.63) is 29.8 Å². The van der Waals surface area contributed by atoms with Crippen molar-refractivity contribution in [1.82, 2.24) is 5.32 Å². The normalized spacial score (nSPS) is 11.9. The maximum absolute atomic E-state index is 11.9. The number of hydrogen-bond acceptors (Lipinski definition) is 2. The Balaban J connectivity index is 2.67. The minimum Gasteiger partial charge on any atom is -0.493 e. The first kappa shape index (κ1) is 13.8. The SMILES string of the molecule is CCOc1ccccc1C(=O)NCC(Cl)CC. The van der Waals surface area contributed by atoms with Crippen LogP contribution in [0.3, 0.4) is 0 Å². The Labute approximate surface area is 107 Å². The molecule has 0 aliphatic heterocycles. The Bertz CT molecular complexity index is 368. The maximum Gasteiger partial charge on any atom is 0.255 e. The number of para-hydroxylation sites is 1. The number of hydrogen-bond donors (Lipinski definition) is 1. The molecule has 1 N–H and O–H groups in total. The van der Waals surface area contributed by atoms with Crippen LogP contribution in [0.4, 0.5) is 0 Å². The summed E-state index contributed by atoms with van der Waals surface area (Å²) in [6, 6.07) is 7.19. The molecule has 0 fully saturated rings. The summed E-state index contributed by atoms with van der Waals surface area (Å²) in [5.74, 6) is 0.461. The first-order valence-electron chi connectivity index (χ1n) is 5.83. The van der Waals surface area contributed by atoms with Gasteiger partial charge >= 0.3 is 0 Å². The lowest BCUT2D eigenvalue weighted by molar-refractivity contribution is 0.0949. The van der Waals surface area contributed by atoms with Crippen LogP contribution in [0, 0.1) is 0 Å². The van der Waals surface area contributed by atoms with Gasteiger partial charge in [0.15, 0.2) is 0 Å². The monoisotopic (exact) mass is 255 g/mol. The van der Waals surface area contributed by atoms with Gasteiger partial charge in [-0.15, -0.1) is 11.6 Å². The molecule has 1 atom stereocenters. The van der Waals surface area contributed by atoms with E-state index in [1.807, 2.05) is 26.0 Å². The number of alkyl halides is 1. The Hall–Kier alpha value is -1.22. The molecule has 1 amide bonds. The van der Waals surface area contributed by atoms with Crippen LogP contribution in [-0.2, 0) is 0 Å². The standard InChI is InChI=1S/C13H18ClNO2/c1-3-10(14)9-15-13(16)11-7-5-6-8-12(11)17-4-2/h5-8,10H,3-4,9H2,1-2H3,(H,15,16). The fourth-order valence-electron chi connectivity index (χ4n) is 1.38. The van der Waals surface area contributed by atoms with Crippen molar-refractivity contribution in [3.8, 4) is 5.75 Å². The summed E-state index contributed by atoms with van der Waals surface area (Å²) in [5, 5.41) is 2.77. The highest BCUT2D eigenvalue weighted by Gasteiger charge is 2.12. The third-order valence-corrected chi connectivity index (χ3v) is 2.82. The van der Waals surface area contributed by atoms with Gasteiger partial charge < -0.3 is 10.1 Å². The largest absolute Gasteiger partial charge is 0.493 e. The van der Waals surface area contributed by atoms with Crippen LogP contribution >= 0.6 is 11.6 Å². The van der Waals surface area contributed by atoms with Crippen LogP contribution in [0.25, 0.3) is 0 Å². The van der Waals surface area contributed by atoms with Gasteiger partial charge in [-0.1, -0.05) is 19.1 Å². The molecule has 1 aromatic rings. The molecule has 0 heterocycles. The van der Waals surface area contributed by atoms with E-state index in [1.54, 1.807) is 12.1 Å². The van der Waals surface area contributed by atoms with E-state index < -0.39 is 0 Å². The molecule has 0 bridgehead atoms. The summed E-state index contributed by atoms with van der Waals surface area (Å²) in [4.78, 5) is 11.9. The molecule has 0 aromatic heterocycles. The number of carbonyl (C=O) groups is 1. The Kier molecular flexibility index (Phi) is 5.84. The van der Waals surface area contributed by atoms with E-state index in [0.29, 0.717) is 24.5 Å². The van der Waals surface area contributed by atoms with E-state index in [9.17, 15) is 4.79 Å². The molecule has 4 heteroatoms. The molecule has 0 aliphatic carbocycles. The predicted molar refractivity (Wildman–Crippen MR) is 69.9 cm³/mol. The van der Waals surface area contributed by atoms with Crippen molar-refractivity contribution >= 4 is 17.5 Å². The Morgan fingerprint density at radius 1 is 1.41 bits per heavy atom. The molecule has 94 valence electrons. The summed E-state index contributed by atoms with van der Waals surface area (Å²) >= 11 is 5.95. The van der Waals surface area contributed by atoms with E-state index in [4.69, 9.17) is 16.3 Å². The zero-order valence-corrected chi connectivity index (χ0v) is 11.0. The highest BCUT2D eigenvalue weighted by molar-refractivity contribution is 6.20. The van der Waals surface area contributed by atoms with Gasteiger partial charge in [0, 0.05) is 6.54 Å². The fourth-order valence-corrected chi connectivity index (χ4v) is 1.46. The lowest BCUT2D eigenvalue weighted by atomic mass is 10.2. The van der Waals surface area contributed by atoms with E-state index in [1.165, 1.54) is 0 Å². The van der Waals surface area contributed by atoms with Crippen molar-refractivity contribution in [3.63, 3.8) is 0 Å². The van der Waals surface area contributed by atoms with Crippen LogP contribution < -0.4 is 10.1 Å². The molecule has 17 heavy (non-hydrogen) atoms. The molecule has 3 nitrogen and oxygen atoms in total. The Morgan fingerprint density at radius 2 is 2.12 bits per heavy atom. The number of benzene rings is 1. The molecule has 0 radical (unpaired) electrons. The van der Waals surface area contributed by atoms with Crippen molar-refractivity contribution in [2.24, 2.45) is 0 Å². The number of rotatable bonds is 6. The molecule has 0 aliphatic rings. The van der Waals surface area contributed by atoms with E-state index >= 15 is 0 Å². The van der Waals surface area contributed by atoms with Crippen LogP contribution in [0.1, 0.15) is 30.6 Å². The topological polar surface area (TPSA) is 38.3 Å². The molecular weight excluding hydrogens is 238 g/mol. The van der Waals surface area contributed by atoms with Crippen LogP contribution in [0.5, 0.6) is 5.75 Å².